The summed E-state index contributed by atoms with van der Waals surface area (Å²) in [5.41, 5.74) is 2.30. The van der Waals surface area contributed by atoms with Gasteiger partial charge in [0.1, 0.15) is 5.82 Å². The molecule has 0 aliphatic rings. The van der Waals surface area contributed by atoms with Crippen molar-refractivity contribution < 1.29 is 0 Å². The van der Waals surface area contributed by atoms with Gasteiger partial charge in [0.05, 0.1) is 16.4 Å². The number of halogens is 1. The van der Waals surface area contributed by atoms with E-state index in [9.17, 15) is 0 Å². The van der Waals surface area contributed by atoms with E-state index in [4.69, 9.17) is 16.6 Å². The lowest BCUT2D eigenvalue weighted by Gasteiger charge is -2.32. The maximum Gasteiger partial charge on any atom is 0.128 e. The van der Waals surface area contributed by atoms with Crippen LogP contribution in [0, 0.1) is 0 Å². The Hall–Kier alpha value is -1.02. The molecule has 0 radical (unpaired) electrons. The molecule has 0 bridgehead atoms. The molecular formula is C15H21ClN2. The molecule has 1 unspecified atom stereocenters. The van der Waals surface area contributed by atoms with E-state index in [0.717, 1.165) is 24.2 Å². The summed E-state index contributed by atoms with van der Waals surface area (Å²) in [5.74, 6) is 0.976. The number of hydrogen-bond donors (Lipinski definition) is 0. The van der Waals surface area contributed by atoms with Crippen LogP contribution in [-0.2, 0) is 5.54 Å². The SMILES string of the molecule is CCC(C)(CC)n1c(C(C)Cl)nc2ccccc21. The van der Waals surface area contributed by atoms with Crippen molar-refractivity contribution in [2.75, 3.05) is 0 Å². The minimum absolute atomic E-state index is 0.0742. The van der Waals surface area contributed by atoms with E-state index in [0.29, 0.717) is 0 Å². The summed E-state index contributed by atoms with van der Waals surface area (Å²) in [7, 11) is 0. The van der Waals surface area contributed by atoms with E-state index in [1.807, 2.05) is 13.0 Å². The van der Waals surface area contributed by atoms with Gasteiger partial charge in [-0.1, -0.05) is 26.0 Å². The first-order chi connectivity index (χ1) is 8.53. The van der Waals surface area contributed by atoms with Gasteiger partial charge in [-0.15, -0.1) is 11.6 Å². The van der Waals surface area contributed by atoms with Crippen molar-refractivity contribution in [2.24, 2.45) is 0 Å². The molecule has 0 saturated carbocycles. The first-order valence-corrected chi connectivity index (χ1v) is 7.09. The quantitative estimate of drug-likeness (QED) is 0.721. The average molecular weight is 265 g/mol. The molecule has 0 aliphatic carbocycles. The Morgan fingerprint density at radius 3 is 2.44 bits per heavy atom. The monoisotopic (exact) mass is 264 g/mol. The van der Waals surface area contributed by atoms with Gasteiger partial charge in [-0.25, -0.2) is 4.98 Å². The lowest BCUT2D eigenvalue weighted by molar-refractivity contribution is 0.293. The molecule has 0 N–H and O–H groups in total. The van der Waals surface area contributed by atoms with Crippen LogP contribution in [0.15, 0.2) is 24.3 Å². The Balaban J connectivity index is 2.77. The summed E-state index contributed by atoms with van der Waals surface area (Å²) in [6.07, 6.45) is 2.14. The third kappa shape index (κ3) is 2.03. The van der Waals surface area contributed by atoms with Crippen LogP contribution in [0.4, 0.5) is 0 Å². The van der Waals surface area contributed by atoms with E-state index < -0.39 is 0 Å². The predicted molar refractivity (Wildman–Crippen MR) is 78.2 cm³/mol. The van der Waals surface area contributed by atoms with Crippen molar-refractivity contribution in [1.82, 2.24) is 9.55 Å². The number of benzene rings is 1. The highest BCUT2D eigenvalue weighted by Crippen LogP contribution is 2.34. The Kier molecular flexibility index (Phi) is 3.67. The van der Waals surface area contributed by atoms with Gasteiger partial charge < -0.3 is 4.57 Å². The van der Waals surface area contributed by atoms with Crippen LogP contribution in [0.5, 0.6) is 0 Å². The first-order valence-electron chi connectivity index (χ1n) is 6.65. The predicted octanol–water partition coefficient (Wildman–Crippen LogP) is 4.87. The van der Waals surface area contributed by atoms with E-state index in [1.165, 1.54) is 5.52 Å². The van der Waals surface area contributed by atoms with Gasteiger partial charge in [0, 0.05) is 5.54 Å². The summed E-state index contributed by atoms with van der Waals surface area (Å²) in [5, 5.41) is -0.0742. The zero-order valence-electron chi connectivity index (χ0n) is 11.6. The van der Waals surface area contributed by atoms with Gasteiger partial charge in [0.25, 0.3) is 0 Å². The smallest absolute Gasteiger partial charge is 0.128 e. The maximum absolute atomic E-state index is 6.32. The van der Waals surface area contributed by atoms with Crippen LogP contribution in [0.3, 0.4) is 0 Å². The second kappa shape index (κ2) is 4.93. The average Bonchev–Trinajstić information content (AvgIpc) is 2.78. The van der Waals surface area contributed by atoms with Gasteiger partial charge in [0.2, 0.25) is 0 Å². The number of imidazole rings is 1. The molecule has 1 heterocycles. The second-order valence-electron chi connectivity index (χ2n) is 5.11. The van der Waals surface area contributed by atoms with Crippen LogP contribution in [0.1, 0.15) is 51.7 Å². The van der Waals surface area contributed by atoms with Gasteiger partial charge in [-0.3, -0.25) is 0 Å². The Bertz CT molecular complexity index is 538. The number of fused-ring (bicyclic) bond motifs is 1. The highest BCUT2D eigenvalue weighted by Gasteiger charge is 2.28. The Labute approximate surface area is 114 Å². The molecule has 0 fully saturated rings. The normalized spacial score (nSPS) is 14.1. The lowest BCUT2D eigenvalue weighted by Crippen LogP contribution is -2.30. The summed E-state index contributed by atoms with van der Waals surface area (Å²) in [6.45, 7) is 8.72. The van der Waals surface area contributed by atoms with E-state index in [-0.39, 0.29) is 10.9 Å². The van der Waals surface area contributed by atoms with Gasteiger partial charge in [-0.05, 0) is 38.8 Å². The van der Waals surface area contributed by atoms with Crippen LogP contribution < -0.4 is 0 Å². The van der Waals surface area contributed by atoms with Crippen LogP contribution in [0.2, 0.25) is 0 Å². The molecule has 18 heavy (non-hydrogen) atoms. The minimum atomic E-state index is -0.0742. The number of rotatable bonds is 4. The molecule has 1 atom stereocenters. The fourth-order valence-corrected chi connectivity index (χ4v) is 2.59. The lowest BCUT2D eigenvalue weighted by atomic mass is 9.94. The molecule has 2 aromatic rings. The molecule has 0 spiro atoms. The third-order valence-corrected chi connectivity index (χ3v) is 4.20. The summed E-state index contributed by atoms with van der Waals surface area (Å²) < 4.78 is 2.33. The molecule has 2 nitrogen and oxygen atoms in total. The summed E-state index contributed by atoms with van der Waals surface area (Å²) in [4.78, 5) is 4.71. The van der Waals surface area contributed by atoms with Gasteiger partial charge in [-0.2, -0.15) is 0 Å². The molecule has 0 saturated heterocycles. The van der Waals surface area contributed by atoms with Crippen molar-refractivity contribution in [3.05, 3.63) is 30.1 Å². The number of para-hydroxylation sites is 2. The fourth-order valence-electron chi connectivity index (χ4n) is 2.45. The van der Waals surface area contributed by atoms with Crippen molar-refractivity contribution >= 4 is 22.6 Å². The first kappa shape index (κ1) is 13.4. The molecule has 0 aliphatic heterocycles. The van der Waals surface area contributed by atoms with Crippen LogP contribution in [-0.4, -0.2) is 9.55 Å². The van der Waals surface area contributed by atoms with Gasteiger partial charge in [0.15, 0.2) is 0 Å². The molecule has 2 rings (SSSR count). The Morgan fingerprint density at radius 2 is 1.89 bits per heavy atom. The molecule has 1 aromatic heterocycles. The third-order valence-electron chi connectivity index (χ3n) is 4.01. The highest BCUT2D eigenvalue weighted by molar-refractivity contribution is 6.20. The summed E-state index contributed by atoms with van der Waals surface area (Å²) >= 11 is 6.32. The number of hydrogen-bond acceptors (Lipinski definition) is 1. The number of alkyl halides is 1. The zero-order valence-corrected chi connectivity index (χ0v) is 12.3. The van der Waals surface area contributed by atoms with Gasteiger partial charge >= 0.3 is 0 Å². The zero-order chi connectivity index (χ0) is 13.3. The summed E-state index contributed by atoms with van der Waals surface area (Å²) in [6, 6.07) is 8.28. The fraction of sp³-hybridized carbons (Fsp3) is 0.533. The van der Waals surface area contributed by atoms with E-state index in [2.05, 4.69) is 43.5 Å². The van der Waals surface area contributed by atoms with Crippen molar-refractivity contribution in [3.8, 4) is 0 Å². The topological polar surface area (TPSA) is 17.8 Å². The largest absolute Gasteiger partial charge is 0.321 e. The van der Waals surface area contributed by atoms with Crippen LogP contribution in [0.25, 0.3) is 11.0 Å². The Morgan fingerprint density at radius 1 is 1.28 bits per heavy atom. The molecule has 3 heteroatoms. The maximum atomic E-state index is 6.32. The van der Waals surface area contributed by atoms with Crippen molar-refractivity contribution in [1.29, 1.82) is 0 Å². The number of nitrogens with zero attached hydrogens (tertiary/aromatic N) is 2. The molecule has 1 aromatic carbocycles. The van der Waals surface area contributed by atoms with Crippen LogP contribution >= 0.6 is 11.6 Å². The van der Waals surface area contributed by atoms with E-state index in [1.54, 1.807) is 0 Å². The van der Waals surface area contributed by atoms with Crippen molar-refractivity contribution in [2.45, 2.75) is 51.5 Å². The van der Waals surface area contributed by atoms with Crippen molar-refractivity contribution in [3.63, 3.8) is 0 Å². The minimum Gasteiger partial charge on any atom is -0.321 e. The molecular weight excluding hydrogens is 244 g/mol. The highest BCUT2D eigenvalue weighted by atomic mass is 35.5. The standard InChI is InChI=1S/C15H21ClN2/c1-5-15(4,6-2)18-13-10-8-7-9-12(13)17-14(18)11(3)16/h7-11H,5-6H2,1-4H3. The second-order valence-corrected chi connectivity index (χ2v) is 5.77. The molecule has 98 valence electrons. The molecule has 0 amide bonds. The van der Waals surface area contributed by atoms with E-state index >= 15 is 0 Å². The number of aromatic nitrogens is 2.